The Morgan fingerprint density at radius 2 is 1.58 bits per heavy atom. The van der Waals surface area contributed by atoms with Crippen LogP contribution < -0.4 is 20.1 Å². The smallest absolute Gasteiger partial charge is 0.319 e. The number of nitrogens with one attached hydrogen (secondary N) is 2. The maximum absolute atomic E-state index is 12.6. The average Bonchev–Trinajstić information content (AvgIpc) is 2.57. The minimum Gasteiger partial charge on any atom is -0.486 e. The molecule has 1 aliphatic heterocycles. The standard InChI is InChI=1S/C21H26N2O3/c1-13-10-14(2)19(15(3)11-13)22-20(24)23-21(4,5)16-6-7-17-18(12-16)26-9-8-25-17/h6-7,10-12H,8-9H2,1-5H3,(H2,22,23,24). The number of carbonyl (C=O) groups excluding carboxylic acids is 1. The second-order valence-electron chi connectivity index (χ2n) is 7.34. The third-order valence-corrected chi connectivity index (χ3v) is 4.61. The monoisotopic (exact) mass is 354 g/mol. The molecule has 0 saturated heterocycles. The van der Waals surface area contributed by atoms with Crippen molar-refractivity contribution in [1.82, 2.24) is 5.32 Å². The van der Waals surface area contributed by atoms with Crippen molar-refractivity contribution in [2.75, 3.05) is 18.5 Å². The normalized spacial score (nSPS) is 13.3. The lowest BCUT2D eigenvalue weighted by atomic mass is 9.94. The van der Waals surface area contributed by atoms with Gasteiger partial charge < -0.3 is 20.1 Å². The molecule has 0 atom stereocenters. The van der Waals surface area contributed by atoms with Crippen molar-refractivity contribution in [3.8, 4) is 11.5 Å². The molecule has 26 heavy (non-hydrogen) atoms. The molecule has 0 saturated carbocycles. The fourth-order valence-corrected chi connectivity index (χ4v) is 3.31. The van der Waals surface area contributed by atoms with Gasteiger partial charge in [-0.05, 0) is 63.4 Å². The highest BCUT2D eigenvalue weighted by molar-refractivity contribution is 5.91. The van der Waals surface area contributed by atoms with Crippen molar-refractivity contribution in [3.05, 3.63) is 52.6 Å². The topological polar surface area (TPSA) is 59.6 Å². The van der Waals surface area contributed by atoms with Crippen LogP contribution in [0.25, 0.3) is 0 Å². The molecule has 5 heteroatoms. The Labute approximate surface area is 154 Å². The van der Waals surface area contributed by atoms with Gasteiger partial charge in [-0.3, -0.25) is 0 Å². The molecule has 138 valence electrons. The number of fused-ring (bicyclic) bond motifs is 1. The van der Waals surface area contributed by atoms with Gasteiger partial charge in [-0.1, -0.05) is 23.8 Å². The fraction of sp³-hybridized carbons (Fsp3) is 0.381. The van der Waals surface area contributed by atoms with Crippen molar-refractivity contribution in [2.24, 2.45) is 0 Å². The molecule has 0 aliphatic carbocycles. The quantitative estimate of drug-likeness (QED) is 0.857. The van der Waals surface area contributed by atoms with Gasteiger partial charge in [0.1, 0.15) is 13.2 Å². The summed E-state index contributed by atoms with van der Waals surface area (Å²) in [4.78, 5) is 12.6. The Hall–Kier alpha value is -2.69. The van der Waals surface area contributed by atoms with Gasteiger partial charge in [-0.25, -0.2) is 4.79 Å². The Morgan fingerprint density at radius 3 is 2.23 bits per heavy atom. The SMILES string of the molecule is Cc1cc(C)c(NC(=O)NC(C)(C)c2ccc3c(c2)OCCO3)c(C)c1. The zero-order valence-corrected chi connectivity index (χ0v) is 16.0. The Balaban J connectivity index is 1.76. The number of carbonyl (C=O) groups is 1. The van der Waals surface area contributed by atoms with Gasteiger partial charge in [0.2, 0.25) is 0 Å². The van der Waals surface area contributed by atoms with Crippen molar-refractivity contribution >= 4 is 11.7 Å². The van der Waals surface area contributed by atoms with Crippen LogP contribution in [0.1, 0.15) is 36.1 Å². The van der Waals surface area contributed by atoms with E-state index in [-0.39, 0.29) is 6.03 Å². The molecule has 0 unspecified atom stereocenters. The average molecular weight is 354 g/mol. The van der Waals surface area contributed by atoms with Gasteiger partial charge in [0, 0.05) is 5.69 Å². The van der Waals surface area contributed by atoms with Crippen LogP contribution in [0.2, 0.25) is 0 Å². The number of amides is 2. The Kier molecular flexibility index (Phi) is 4.81. The van der Waals surface area contributed by atoms with Crippen LogP contribution in [0.15, 0.2) is 30.3 Å². The predicted molar refractivity (Wildman–Crippen MR) is 103 cm³/mol. The van der Waals surface area contributed by atoms with Crippen LogP contribution >= 0.6 is 0 Å². The van der Waals surface area contributed by atoms with Crippen LogP contribution in [0.3, 0.4) is 0 Å². The van der Waals surface area contributed by atoms with E-state index in [1.165, 1.54) is 5.56 Å². The third-order valence-electron chi connectivity index (χ3n) is 4.61. The molecule has 0 aromatic heterocycles. The molecule has 2 N–H and O–H groups in total. The van der Waals surface area contributed by atoms with Crippen molar-refractivity contribution in [2.45, 2.75) is 40.2 Å². The first-order valence-electron chi connectivity index (χ1n) is 8.83. The van der Waals surface area contributed by atoms with E-state index in [1.54, 1.807) is 0 Å². The molecule has 2 amide bonds. The molecule has 0 bridgehead atoms. The maximum Gasteiger partial charge on any atom is 0.319 e. The molecule has 0 spiro atoms. The first kappa shape index (κ1) is 18.1. The van der Waals surface area contributed by atoms with E-state index in [9.17, 15) is 4.79 Å². The molecule has 5 nitrogen and oxygen atoms in total. The molecular weight excluding hydrogens is 328 g/mol. The van der Waals surface area contributed by atoms with E-state index >= 15 is 0 Å². The second-order valence-corrected chi connectivity index (χ2v) is 7.34. The minimum absolute atomic E-state index is 0.236. The fourth-order valence-electron chi connectivity index (χ4n) is 3.31. The molecule has 2 aromatic rings. The highest BCUT2D eigenvalue weighted by atomic mass is 16.6. The van der Waals surface area contributed by atoms with Crippen LogP contribution in [-0.4, -0.2) is 19.2 Å². The van der Waals surface area contributed by atoms with Gasteiger partial charge in [-0.15, -0.1) is 0 Å². The highest BCUT2D eigenvalue weighted by Gasteiger charge is 2.25. The van der Waals surface area contributed by atoms with Crippen LogP contribution in [0.4, 0.5) is 10.5 Å². The summed E-state index contributed by atoms with van der Waals surface area (Å²) >= 11 is 0. The summed E-state index contributed by atoms with van der Waals surface area (Å²) in [6, 6.07) is 9.66. The van der Waals surface area contributed by atoms with E-state index < -0.39 is 5.54 Å². The number of rotatable bonds is 3. The second kappa shape index (κ2) is 6.90. The minimum atomic E-state index is -0.563. The summed E-state index contributed by atoms with van der Waals surface area (Å²) < 4.78 is 11.2. The van der Waals surface area contributed by atoms with E-state index in [1.807, 2.05) is 45.9 Å². The molecule has 3 rings (SSSR count). The zero-order chi connectivity index (χ0) is 18.9. The molecule has 2 aromatic carbocycles. The summed E-state index contributed by atoms with van der Waals surface area (Å²) in [6.45, 7) is 11.1. The van der Waals surface area contributed by atoms with Crippen molar-refractivity contribution in [1.29, 1.82) is 0 Å². The van der Waals surface area contributed by atoms with E-state index in [2.05, 4.69) is 29.7 Å². The van der Waals surface area contributed by atoms with Gasteiger partial charge in [-0.2, -0.15) is 0 Å². The highest BCUT2D eigenvalue weighted by Crippen LogP contribution is 2.34. The number of hydrogen-bond donors (Lipinski definition) is 2. The molecule has 1 heterocycles. The lowest BCUT2D eigenvalue weighted by Crippen LogP contribution is -2.43. The number of benzene rings is 2. The molecule has 0 fully saturated rings. The number of hydrogen-bond acceptors (Lipinski definition) is 3. The first-order valence-corrected chi connectivity index (χ1v) is 8.83. The van der Waals surface area contributed by atoms with E-state index in [0.29, 0.717) is 19.0 Å². The van der Waals surface area contributed by atoms with Crippen LogP contribution in [0, 0.1) is 20.8 Å². The van der Waals surface area contributed by atoms with Gasteiger partial charge in [0.15, 0.2) is 11.5 Å². The number of ether oxygens (including phenoxy) is 2. The van der Waals surface area contributed by atoms with Gasteiger partial charge >= 0.3 is 6.03 Å². The summed E-state index contributed by atoms with van der Waals surface area (Å²) in [5, 5.41) is 6.04. The molecule has 1 aliphatic rings. The summed E-state index contributed by atoms with van der Waals surface area (Å²) in [7, 11) is 0. The third kappa shape index (κ3) is 3.77. The lowest BCUT2D eigenvalue weighted by Gasteiger charge is -2.29. The summed E-state index contributed by atoms with van der Waals surface area (Å²) in [6.07, 6.45) is 0. The number of aryl methyl sites for hydroxylation is 3. The zero-order valence-electron chi connectivity index (χ0n) is 16.0. The van der Waals surface area contributed by atoms with Crippen molar-refractivity contribution < 1.29 is 14.3 Å². The number of anilines is 1. The maximum atomic E-state index is 12.6. The van der Waals surface area contributed by atoms with Crippen LogP contribution in [0.5, 0.6) is 11.5 Å². The largest absolute Gasteiger partial charge is 0.486 e. The first-order chi connectivity index (χ1) is 12.3. The van der Waals surface area contributed by atoms with E-state index in [0.717, 1.165) is 28.1 Å². The number of urea groups is 1. The summed E-state index contributed by atoms with van der Waals surface area (Å²) in [5.41, 5.74) is 4.53. The van der Waals surface area contributed by atoms with Gasteiger partial charge in [0.25, 0.3) is 0 Å². The molecule has 0 radical (unpaired) electrons. The van der Waals surface area contributed by atoms with Crippen LogP contribution in [-0.2, 0) is 5.54 Å². The van der Waals surface area contributed by atoms with Crippen molar-refractivity contribution in [3.63, 3.8) is 0 Å². The van der Waals surface area contributed by atoms with E-state index in [4.69, 9.17) is 9.47 Å². The van der Waals surface area contributed by atoms with Gasteiger partial charge in [0.05, 0.1) is 5.54 Å². The molecular formula is C21H26N2O3. The predicted octanol–water partition coefficient (Wildman–Crippen LogP) is 4.44. The Morgan fingerprint density at radius 1 is 0.962 bits per heavy atom. The summed E-state index contributed by atoms with van der Waals surface area (Å²) in [5.74, 6) is 1.46. The lowest BCUT2D eigenvalue weighted by molar-refractivity contribution is 0.171. The Bertz CT molecular complexity index is 820.